The van der Waals surface area contributed by atoms with E-state index in [1.807, 2.05) is 30.3 Å². The molecule has 0 radical (unpaired) electrons. The number of nitrogens with one attached hydrogen (secondary N) is 1. The first kappa shape index (κ1) is 11.9. The van der Waals surface area contributed by atoms with Crippen LogP contribution in [-0.4, -0.2) is 4.98 Å². The molecule has 1 aromatic carbocycles. The van der Waals surface area contributed by atoms with Crippen molar-refractivity contribution in [1.82, 2.24) is 4.98 Å². The van der Waals surface area contributed by atoms with Crippen LogP contribution in [-0.2, 0) is 0 Å². The molecule has 0 saturated heterocycles. The van der Waals surface area contributed by atoms with E-state index in [0.29, 0.717) is 16.5 Å². The minimum Gasteiger partial charge on any atom is -0.340 e. The molecule has 2 aromatic rings. The normalized spacial score (nSPS) is 9.71. The maximum atomic E-state index is 8.82. The number of anilines is 2. The molecule has 0 fully saturated rings. The van der Waals surface area contributed by atoms with Crippen molar-refractivity contribution in [3.8, 4) is 6.07 Å². The van der Waals surface area contributed by atoms with Crippen LogP contribution in [0.2, 0.25) is 5.15 Å². The smallest absolute Gasteiger partial charge is 0.133 e. The van der Waals surface area contributed by atoms with Crippen LogP contribution in [0.1, 0.15) is 5.56 Å². The third kappa shape index (κ3) is 3.19. The zero-order chi connectivity index (χ0) is 12.3. The van der Waals surface area contributed by atoms with Crippen molar-refractivity contribution in [2.45, 2.75) is 0 Å². The molecule has 0 spiro atoms. The summed E-state index contributed by atoms with van der Waals surface area (Å²) in [6.45, 7) is 0. The lowest BCUT2D eigenvalue weighted by molar-refractivity contribution is 1.29. The van der Waals surface area contributed by atoms with Crippen molar-refractivity contribution in [3.05, 3.63) is 51.6 Å². The van der Waals surface area contributed by atoms with Gasteiger partial charge >= 0.3 is 0 Å². The van der Waals surface area contributed by atoms with Gasteiger partial charge in [0.2, 0.25) is 0 Å². The Morgan fingerprint density at radius 3 is 2.82 bits per heavy atom. The molecular weight excluding hydrogens is 302 g/mol. The Morgan fingerprint density at radius 1 is 1.29 bits per heavy atom. The van der Waals surface area contributed by atoms with Gasteiger partial charge in [0.1, 0.15) is 11.0 Å². The first-order valence-corrected chi connectivity index (χ1v) is 5.95. The monoisotopic (exact) mass is 307 g/mol. The van der Waals surface area contributed by atoms with Crippen molar-refractivity contribution in [2.75, 3.05) is 5.32 Å². The minimum absolute atomic E-state index is 0.293. The average Bonchev–Trinajstić information content (AvgIpc) is 2.28. The number of aromatic nitrogens is 1. The van der Waals surface area contributed by atoms with Crippen molar-refractivity contribution in [2.24, 2.45) is 0 Å². The summed E-state index contributed by atoms with van der Waals surface area (Å²) in [6, 6.07) is 12.8. The van der Waals surface area contributed by atoms with Gasteiger partial charge in [-0.3, -0.25) is 0 Å². The van der Waals surface area contributed by atoms with Crippen LogP contribution >= 0.6 is 27.5 Å². The molecule has 0 unspecified atom stereocenters. The maximum Gasteiger partial charge on any atom is 0.133 e. The van der Waals surface area contributed by atoms with E-state index in [-0.39, 0.29) is 0 Å². The van der Waals surface area contributed by atoms with Crippen LogP contribution in [0.25, 0.3) is 0 Å². The largest absolute Gasteiger partial charge is 0.340 e. The van der Waals surface area contributed by atoms with Gasteiger partial charge < -0.3 is 5.32 Å². The van der Waals surface area contributed by atoms with E-state index in [0.717, 1.165) is 10.2 Å². The zero-order valence-electron chi connectivity index (χ0n) is 8.61. The molecule has 0 saturated carbocycles. The fraction of sp³-hybridized carbons (Fsp3) is 0. The van der Waals surface area contributed by atoms with Gasteiger partial charge in [-0.1, -0.05) is 33.6 Å². The number of benzene rings is 1. The average molecular weight is 309 g/mol. The summed E-state index contributed by atoms with van der Waals surface area (Å²) < 4.78 is 0.963. The lowest BCUT2D eigenvalue weighted by Crippen LogP contribution is -1.94. The van der Waals surface area contributed by atoms with Gasteiger partial charge in [-0.15, -0.1) is 0 Å². The van der Waals surface area contributed by atoms with E-state index in [1.165, 1.54) is 6.07 Å². The molecule has 0 aliphatic heterocycles. The first-order chi connectivity index (χ1) is 8.17. The summed E-state index contributed by atoms with van der Waals surface area (Å²) in [5, 5.41) is 12.2. The SMILES string of the molecule is N#Cc1cc(Cl)nc(Nc2cccc(Br)c2)c1. The predicted molar refractivity (Wildman–Crippen MR) is 71.4 cm³/mol. The van der Waals surface area contributed by atoms with Gasteiger partial charge in [-0.25, -0.2) is 4.98 Å². The molecule has 3 nitrogen and oxygen atoms in total. The van der Waals surface area contributed by atoms with Crippen LogP contribution in [0.3, 0.4) is 0 Å². The Hall–Kier alpha value is -1.57. The van der Waals surface area contributed by atoms with Gasteiger partial charge in [0.15, 0.2) is 0 Å². The molecule has 17 heavy (non-hydrogen) atoms. The van der Waals surface area contributed by atoms with Gasteiger partial charge in [0.25, 0.3) is 0 Å². The third-order valence-corrected chi connectivity index (χ3v) is 2.71. The van der Waals surface area contributed by atoms with Crippen LogP contribution in [0.15, 0.2) is 40.9 Å². The second-order valence-electron chi connectivity index (χ2n) is 3.31. The number of rotatable bonds is 2. The molecule has 84 valence electrons. The van der Waals surface area contributed by atoms with E-state index in [9.17, 15) is 0 Å². The fourth-order valence-electron chi connectivity index (χ4n) is 1.34. The van der Waals surface area contributed by atoms with Crippen LogP contribution in [0.4, 0.5) is 11.5 Å². The molecule has 0 aliphatic carbocycles. The third-order valence-electron chi connectivity index (χ3n) is 2.02. The summed E-state index contributed by atoms with van der Waals surface area (Å²) in [5.41, 5.74) is 1.35. The standard InChI is InChI=1S/C12H7BrClN3/c13-9-2-1-3-10(6-9)16-12-5-8(7-15)4-11(14)17-12/h1-6H,(H,16,17). The predicted octanol–water partition coefficient (Wildman–Crippen LogP) is 4.11. The second kappa shape index (κ2) is 5.17. The topological polar surface area (TPSA) is 48.7 Å². The summed E-state index contributed by atoms with van der Waals surface area (Å²) in [5.74, 6) is 0.548. The van der Waals surface area contributed by atoms with E-state index in [4.69, 9.17) is 16.9 Å². The quantitative estimate of drug-likeness (QED) is 0.849. The Balaban J connectivity index is 2.30. The summed E-state index contributed by atoms with van der Waals surface area (Å²) in [6.07, 6.45) is 0. The van der Waals surface area contributed by atoms with Crippen molar-refractivity contribution in [3.63, 3.8) is 0 Å². The van der Waals surface area contributed by atoms with Crippen molar-refractivity contribution in [1.29, 1.82) is 5.26 Å². The summed E-state index contributed by atoms with van der Waals surface area (Å²) in [4.78, 5) is 4.09. The molecule has 1 heterocycles. The Kier molecular flexibility index (Phi) is 3.62. The number of hydrogen-bond donors (Lipinski definition) is 1. The molecule has 0 bridgehead atoms. The number of pyridine rings is 1. The highest BCUT2D eigenvalue weighted by atomic mass is 79.9. The maximum absolute atomic E-state index is 8.82. The molecular formula is C12H7BrClN3. The summed E-state index contributed by atoms with van der Waals surface area (Å²) >= 11 is 9.19. The molecule has 1 N–H and O–H groups in total. The number of halogens is 2. The minimum atomic E-state index is 0.293. The van der Waals surface area contributed by atoms with Crippen LogP contribution in [0.5, 0.6) is 0 Å². The molecule has 0 amide bonds. The molecule has 1 aromatic heterocycles. The highest BCUT2D eigenvalue weighted by Gasteiger charge is 2.01. The fourth-order valence-corrected chi connectivity index (χ4v) is 1.95. The van der Waals surface area contributed by atoms with E-state index in [1.54, 1.807) is 6.07 Å². The van der Waals surface area contributed by atoms with Crippen LogP contribution in [0, 0.1) is 11.3 Å². The lowest BCUT2D eigenvalue weighted by Gasteiger charge is -2.06. The van der Waals surface area contributed by atoms with Crippen LogP contribution < -0.4 is 5.32 Å². The Bertz CT molecular complexity index is 593. The van der Waals surface area contributed by atoms with Gasteiger partial charge in [-0.05, 0) is 30.3 Å². The second-order valence-corrected chi connectivity index (χ2v) is 4.61. The van der Waals surface area contributed by atoms with Gasteiger partial charge in [0.05, 0.1) is 11.6 Å². The highest BCUT2D eigenvalue weighted by Crippen LogP contribution is 2.21. The van der Waals surface area contributed by atoms with E-state index in [2.05, 4.69) is 26.2 Å². The Labute approximate surface area is 112 Å². The molecule has 0 atom stereocenters. The number of nitrogens with zero attached hydrogens (tertiary/aromatic N) is 2. The van der Waals surface area contributed by atoms with Crippen molar-refractivity contribution >= 4 is 39.0 Å². The summed E-state index contributed by atoms with van der Waals surface area (Å²) in [7, 11) is 0. The lowest BCUT2D eigenvalue weighted by atomic mass is 10.2. The van der Waals surface area contributed by atoms with E-state index < -0.39 is 0 Å². The zero-order valence-corrected chi connectivity index (χ0v) is 11.0. The van der Waals surface area contributed by atoms with Crippen molar-refractivity contribution < 1.29 is 0 Å². The molecule has 5 heteroatoms. The van der Waals surface area contributed by atoms with Gasteiger partial charge in [0, 0.05) is 10.2 Å². The van der Waals surface area contributed by atoms with E-state index >= 15 is 0 Å². The highest BCUT2D eigenvalue weighted by molar-refractivity contribution is 9.10. The Morgan fingerprint density at radius 2 is 2.12 bits per heavy atom. The number of nitriles is 1. The molecule has 0 aliphatic rings. The first-order valence-electron chi connectivity index (χ1n) is 4.77. The number of hydrogen-bond acceptors (Lipinski definition) is 3. The van der Waals surface area contributed by atoms with Gasteiger partial charge in [-0.2, -0.15) is 5.26 Å². The molecule has 2 rings (SSSR count).